The molecule has 464 valence electrons. The molecule has 0 N–H and O–H groups in total. The molecule has 18 aromatic rings. The molecule has 0 unspecified atom stereocenters. The topological polar surface area (TPSA) is 134 Å². The second-order valence-corrected chi connectivity index (χ2v) is 21.0. The molecule has 13 nitrogen and oxygen atoms in total. The van der Waals surface area contributed by atoms with Gasteiger partial charge in [-0.2, -0.15) is 4.39 Å². The van der Waals surface area contributed by atoms with Crippen LogP contribution < -0.4 is 0 Å². The number of benzene rings is 6. The first-order chi connectivity index (χ1) is 44.5. The number of nitrogens with zero attached hydrogens (tertiary/aromatic N) is 13. The molecule has 0 fully saturated rings. The first kappa shape index (κ1) is 65.7. The molecule has 18 rings (SSSR count). The van der Waals surface area contributed by atoms with Crippen LogP contribution in [0.3, 0.4) is 0 Å². The fourth-order valence-electron chi connectivity index (χ4n) is 11.6. The fraction of sp³-hybridized carbons (Fsp3) is 0.0132. The quantitative estimate of drug-likeness (QED) is 0.149. The maximum Gasteiger partial charge on any atom is 0.229 e. The second kappa shape index (κ2) is 29.4. The summed E-state index contributed by atoms with van der Waals surface area (Å²) >= 11 is 0. The number of fused-ring (bicyclic) bond motifs is 12. The average molecular weight is 1930 g/mol. The molecule has 18 heteroatoms. The number of halogens is 1. The number of imidazole rings is 4. The van der Waals surface area contributed by atoms with E-state index in [-0.39, 0.29) is 80.4 Å². The summed E-state index contributed by atoms with van der Waals surface area (Å²) < 4.78 is 22.4. The molecule has 4 radical (unpaired) electrons. The van der Waals surface area contributed by atoms with E-state index in [0.29, 0.717) is 11.3 Å². The molecule has 0 aliphatic heterocycles. The Labute approximate surface area is 593 Å². The van der Waals surface area contributed by atoms with Gasteiger partial charge < -0.3 is 17.6 Å². The van der Waals surface area contributed by atoms with Crippen LogP contribution >= 0.6 is 0 Å². The SMILES string of the molecule is Cc1cn2ccc3c(-c4ccncn4)cc[c-]c3c2n1.Fc1nc2c3[c-]cccc3ccn2c1-c1ccccc1.[Ir].[Ir].[Ir].[Ir].[c-]1cccc2c(-c3ccccn3)c(-c3ccccn3)n3ccnc3c12.[c-]1cccc2cc(-c3ccncc3)n3c(-c4ccccc4)cnc3c12. The summed E-state index contributed by atoms with van der Waals surface area (Å²) in [5, 5.41) is 8.16. The van der Waals surface area contributed by atoms with Crippen molar-refractivity contribution in [2.75, 3.05) is 0 Å². The Morgan fingerprint density at radius 3 is 1.77 bits per heavy atom. The van der Waals surface area contributed by atoms with Crippen molar-refractivity contribution in [2.45, 2.75) is 6.92 Å². The van der Waals surface area contributed by atoms with E-state index >= 15 is 0 Å². The molecule has 94 heavy (non-hydrogen) atoms. The predicted octanol–water partition coefficient (Wildman–Crippen LogP) is 16.6. The number of rotatable bonds is 6. The van der Waals surface area contributed by atoms with Gasteiger partial charge in [-0.05, 0) is 72.9 Å². The standard InChI is InChI=1S/C22H14N3.C21H13N4.C17H10FN2.C16H11N4.4Ir/c1-2-6-16(7-3-1)21-15-24-22-19-9-5-4-8-18(19)14-20(25(21)22)17-10-12-23-13-11-17;1-2-8-16-15(7-1)19(17-9-3-5-11-22-17)20(18-10-4-6-12-23-18)25-14-13-24-21(16)25;18-16-15(13-7-2-1-3-8-13)20-11-10-12-6-4-5-9-14(12)17(20)19-16;1-11-9-20-8-6-12-13(15-5-7-17-10-18-15)3-2-4-14(12)16(20)19-11;;;;/h1-8,10-15H;1-7,9-14H;1-8,10-11H;2-3,5-10H,1H3;;;;/q4*-1;;;;. The van der Waals surface area contributed by atoms with E-state index in [9.17, 15) is 4.39 Å². The van der Waals surface area contributed by atoms with Crippen LogP contribution in [-0.4, -0.2) is 62.5 Å². The Morgan fingerprint density at radius 2 is 1.04 bits per heavy atom. The Kier molecular flexibility index (Phi) is 20.6. The van der Waals surface area contributed by atoms with Crippen molar-refractivity contribution < 1.29 is 84.8 Å². The fourth-order valence-corrected chi connectivity index (χ4v) is 11.6. The van der Waals surface area contributed by atoms with E-state index in [2.05, 4.69) is 109 Å². The van der Waals surface area contributed by atoms with Gasteiger partial charge in [-0.1, -0.05) is 107 Å². The summed E-state index contributed by atoms with van der Waals surface area (Å²) in [5.41, 5.74) is 15.8. The Balaban J connectivity index is 0.000000127. The van der Waals surface area contributed by atoms with Gasteiger partial charge in [0.05, 0.1) is 51.1 Å². The Hall–Kier alpha value is -9.82. The van der Waals surface area contributed by atoms with Gasteiger partial charge in [-0.3, -0.25) is 34.9 Å². The molecule has 6 aromatic carbocycles. The van der Waals surface area contributed by atoms with Crippen molar-refractivity contribution in [2.24, 2.45) is 0 Å². The van der Waals surface area contributed by atoms with E-state index in [4.69, 9.17) is 4.98 Å². The van der Waals surface area contributed by atoms with Crippen molar-refractivity contribution in [3.05, 3.63) is 311 Å². The normalized spacial score (nSPS) is 10.7. The summed E-state index contributed by atoms with van der Waals surface area (Å²) in [5.74, 6) is -0.457. The molecule has 0 saturated heterocycles. The zero-order valence-electron chi connectivity index (χ0n) is 49.5. The molecular weight excluding hydrogens is 1880 g/mol. The van der Waals surface area contributed by atoms with Crippen molar-refractivity contribution in [3.8, 4) is 67.7 Å². The number of hydrogen-bond donors (Lipinski definition) is 0. The third-order valence-electron chi connectivity index (χ3n) is 15.6. The molecule has 12 heterocycles. The number of hydrogen-bond acceptors (Lipinski definition) is 9. The third kappa shape index (κ3) is 12.7. The zero-order chi connectivity index (χ0) is 60.3. The second-order valence-electron chi connectivity index (χ2n) is 21.0. The maximum atomic E-state index is 14.3. The molecule has 0 saturated carbocycles. The third-order valence-corrected chi connectivity index (χ3v) is 15.6. The molecule has 0 aliphatic rings. The maximum absolute atomic E-state index is 14.3. The molecule has 0 atom stereocenters. The van der Waals surface area contributed by atoms with E-state index in [1.807, 2.05) is 237 Å². The minimum absolute atomic E-state index is 0. The van der Waals surface area contributed by atoms with Crippen molar-refractivity contribution in [1.29, 1.82) is 0 Å². The van der Waals surface area contributed by atoms with Crippen molar-refractivity contribution >= 4 is 65.7 Å². The van der Waals surface area contributed by atoms with E-state index in [0.717, 1.165) is 128 Å². The van der Waals surface area contributed by atoms with Gasteiger partial charge in [0, 0.05) is 159 Å². The van der Waals surface area contributed by atoms with Crippen LogP contribution in [-0.2, 0) is 80.4 Å². The number of aromatic nitrogens is 13. The predicted molar refractivity (Wildman–Crippen MR) is 352 cm³/mol. The van der Waals surface area contributed by atoms with Crippen molar-refractivity contribution in [3.63, 3.8) is 0 Å². The van der Waals surface area contributed by atoms with Crippen LogP contribution in [0.5, 0.6) is 0 Å². The van der Waals surface area contributed by atoms with Gasteiger partial charge in [0.1, 0.15) is 12.0 Å². The summed E-state index contributed by atoms with van der Waals surface area (Å²) in [6, 6.07) is 78.7. The van der Waals surface area contributed by atoms with Crippen LogP contribution in [0.15, 0.2) is 275 Å². The monoisotopic (exact) mass is 1930 g/mol. The molecular formula is C76H48FIr4N13-4. The first-order valence-corrected chi connectivity index (χ1v) is 29.0. The van der Waals surface area contributed by atoms with Gasteiger partial charge in [-0.15, -0.1) is 123 Å². The van der Waals surface area contributed by atoms with Gasteiger partial charge in [0.25, 0.3) is 0 Å². The summed E-state index contributed by atoms with van der Waals surface area (Å²) in [6.07, 6.45) is 22.2. The molecule has 12 aromatic heterocycles. The van der Waals surface area contributed by atoms with Crippen LogP contribution in [0.25, 0.3) is 133 Å². The molecule has 0 spiro atoms. The summed E-state index contributed by atoms with van der Waals surface area (Å²) in [7, 11) is 0. The summed E-state index contributed by atoms with van der Waals surface area (Å²) in [6.45, 7) is 1.99. The molecule has 0 aliphatic carbocycles. The van der Waals surface area contributed by atoms with E-state index < -0.39 is 5.95 Å². The largest absolute Gasteiger partial charge is 0.347 e. The molecule has 0 bridgehead atoms. The van der Waals surface area contributed by atoms with Crippen molar-refractivity contribution in [1.82, 2.24) is 62.5 Å². The minimum Gasteiger partial charge on any atom is -0.347 e. The Bertz CT molecular complexity index is 5590. The van der Waals surface area contributed by atoms with E-state index in [1.165, 1.54) is 0 Å². The zero-order valence-corrected chi connectivity index (χ0v) is 59.1. The number of aryl methyl sites for hydroxylation is 1. The first-order valence-electron chi connectivity index (χ1n) is 29.0. The van der Waals surface area contributed by atoms with E-state index in [1.54, 1.807) is 16.9 Å². The molecule has 0 amide bonds. The summed E-state index contributed by atoms with van der Waals surface area (Å²) in [4.78, 5) is 39.6. The average Bonchev–Trinajstić information content (AvgIpc) is 1.34. The van der Waals surface area contributed by atoms with Gasteiger partial charge in [-0.25, -0.2) is 9.97 Å². The van der Waals surface area contributed by atoms with Crippen LogP contribution in [0.2, 0.25) is 0 Å². The minimum atomic E-state index is -0.457. The number of pyridine rings is 7. The van der Waals surface area contributed by atoms with Crippen LogP contribution in [0, 0.1) is 37.1 Å². The van der Waals surface area contributed by atoms with Gasteiger partial charge in [0.15, 0.2) is 0 Å². The van der Waals surface area contributed by atoms with Crippen LogP contribution in [0.1, 0.15) is 5.69 Å². The smallest absolute Gasteiger partial charge is 0.229 e. The van der Waals surface area contributed by atoms with Gasteiger partial charge >= 0.3 is 0 Å². The van der Waals surface area contributed by atoms with Crippen LogP contribution in [0.4, 0.5) is 4.39 Å². The van der Waals surface area contributed by atoms with Gasteiger partial charge in [0.2, 0.25) is 5.95 Å². The Morgan fingerprint density at radius 1 is 0.404 bits per heavy atom.